The lowest BCUT2D eigenvalue weighted by atomic mass is 9.99. The smallest absolute Gasteiger partial charge is 0.316 e. The van der Waals surface area contributed by atoms with Crippen LogP contribution in [0.1, 0.15) is 17.3 Å². The summed E-state index contributed by atoms with van der Waals surface area (Å²) in [6.45, 7) is 1.53. The van der Waals surface area contributed by atoms with E-state index in [1.165, 1.54) is 14.0 Å². The number of benzene rings is 1. The third-order valence-corrected chi connectivity index (χ3v) is 2.32. The van der Waals surface area contributed by atoms with Gasteiger partial charge in [0.05, 0.1) is 14.2 Å². The molecule has 4 heteroatoms. The first-order chi connectivity index (χ1) is 7.60. The largest absolute Gasteiger partial charge is 0.497 e. The first kappa shape index (κ1) is 12.2. The van der Waals surface area contributed by atoms with Crippen LogP contribution in [0.25, 0.3) is 0 Å². The molecule has 86 valence electrons. The van der Waals surface area contributed by atoms with E-state index < -0.39 is 11.9 Å². The number of rotatable bonds is 4. The van der Waals surface area contributed by atoms with E-state index in [2.05, 4.69) is 4.74 Å². The highest BCUT2D eigenvalue weighted by Crippen LogP contribution is 2.15. The van der Waals surface area contributed by atoms with Gasteiger partial charge in [0, 0.05) is 5.56 Å². The molecule has 0 heterocycles. The SMILES string of the molecule is COC(=O)[C@H](C)C(=O)c1ccc(OC)cc1. The Labute approximate surface area is 94.2 Å². The van der Waals surface area contributed by atoms with Crippen molar-refractivity contribution in [1.82, 2.24) is 0 Å². The van der Waals surface area contributed by atoms with E-state index >= 15 is 0 Å². The van der Waals surface area contributed by atoms with Gasteiger partial charge in [0.15, 0.2) is 5.78 Å². The van der Waals surface area contributed by atoms with Crippen molar-refractivity contribution in [2.75, 3.05) is 14.2 Å². The Morgan fingerprint density at radius 1 is 1.12 bits per heavy atom. The van der Waals surface area contributed by atoms with Crippen molar-refractivity contribution in [3.05, 3.63) is 29.8 Å². The van der Waals surface area contributed by atoms with Gasteiger partial charge in [0.25, 0.3) is 0 Å². The molecule has 4 nitrogen and oxygen atoms in total. The summed E-state index contributed by atoms with van der Waals surface area (Å²) in [6.07, 6.45) is 0. The molecule has 0 saturated heterocycles. The minimum absolute atomic E-state index is 0.255. The van der Waals surface area contributed by atoms with E-state index in [0.29, 0.717) is 11.3 Å². The number of ketones is 1. The van der Waals surface area contributed by atoms with Crippen LogP contribution in [0.3, 0.4) is 0 Å². The van der Waals surface area contributed by atoms with E-state index in [-0.39, 0.29) is 5.78 Å². The third kappa shape index (κ3) is 2.59. The number of methoxy groups -OCH3 is 2. The molecule has 0 saturated carbocycles. The number of ether oxygens (including phenoxy) is 2. The molecule has 0 amide bonds. The van der Waals surface area contributed by atoms with Crippen molar-refractivity contribution in [2.24, 2.45) is 5.92 Å². The number of esters is 1. The summed E-state index contributed by atoms with van der Waals surface area (Å²) in [4.78, 5) is 23.0. The van der Waals surface area contributed by atoms with E-state index in [1.54, 1.807) is 31.4 Å². The Morgan fingerprint density at radius 3 is 2.12 bits per heavy atom. The molecule has 1 aromatic carbocycles. The molecular formula is C12H14O4. The summed E-state index contributed by atoms with van der Waals surface area (Å²) in [6, 6.07) is 6.61. The van der Waals surface area contributed by atoms with Crippen molar-refractivity contribution in [2.45, 2.75) is 6.92 Å². The average Bonchev–Trinajstić information content (AvgIpc) is 2.36. The standard InChI is InChI=1S/C12H14O4/c1-8(12(14)16-3)11(13)9-4-6-10(15-2)7-5-9/h4-8H,1-3H3/t8-/m1/s1. The summed E-state index contributed by atoms with van der Waals surface area (Å²) < 4.78 is 9.49. The molecule has 0 unspecified atom stereocenters. The normalized spacial score (nSPS) is 11.7. The van der Waals surface area contributed by atoms with E-state index in [9.17, 15) is 9.59 Å². The van der Waals surface area contributed by atoms with Gasteiger partial charge in [-0.25, -0.2) is 0 Å². The molecule has 0 N–H and O–H groups in total. The van der Waals surface area contributed by atoms with Gasteiger partial charge in [0.1, 0.15) is 11.7 Å². The Morgan fingerprint density at radius 2 is 1.69 bits per heavy atom. The average molecular weight is 222 g/mol. The zero-order chi connectivity index (χ0) is 12.1. The molecule has 0 bridgehead atoms. The lowest BCUT2D eigenvalue weighted by Gasteiger charge is -2.08. The topological polar surface area (TPSA) is 52.6 Å². The second-order valence-electron chi connectivity index (χ2n) is 3.34. The fourth-order valence-electron chi connectivity index (χ4n) is 1.29. The van der Waals surface area contributed by atoms with Crippen molar-refractivity contribution < 1.29 is 19.1 Å². The summed E-state index contributed by atoms with van der Waals surface area (Å²) >= 11 is 0. The van der Waals surface area contributed by atoms with Gasteiger partial charge in [0.2, 0.25) is 0 Å². The predicted molar refractivity (Wildman–Crippen MR) is 58.5 cm³/mol. The number of carbonyl (C=O) groups excluding carboxylic acids is 2. The van der Waals surface area contributed by atoms with Crippen molar-refractivity contribution in [3.63, 3.8) is 0 Å². The zero-order valence-corrected chi connectivity index (χ0v) is 9.52. The number of Topliss-reactive ketones (excluding diaryl/α,β-unsaturated/α-hetero) is 1. The van der Waals surface area contributed by atoms with Crippen molar-refractivity contribution in [1.29, 1.82) is 0 Å². The third-order valence-electron chi connectivity index (χ3n) is 2.32. The molecule has 0 aliphatic carbocycles. The Hall–Kier alpha value is -1.84. The molecule has 0 aliphatic heterocycles. The quantitative estimate of drug-likeness (QED) is 0.442. The highest BCUT2D eigenvalue weighted by Gasteiger charge is 2.23. The molecule has 1 atom stereocenters. The Balaban J connectivity index is 2.84. The molecule has 0 fully saturated rings. The molecule has 1 aromatic rings. The molecule has 1 rings (SSSR count). The molecule has 0 radical (unpaired) electrons. The lowest BCUT2D eigenvalue weighted by Crippen LogP contribution is -2.22. The van der Waals surface area contributed by atoms with Gasteiger partial charge in [-0.1, -0.05) is 0 Å². The lowest BCUT2D eigenvalue weighted by molar-refractivity contribution is -0.143. The van der Waals surface area contributed by atoms with Crippen LogP contribution in [0.2, 0.25) is 0 Å². The Kier molecular flexibility index (Phi) is 4.05. The predicted octanol–water partition coefficient (Wildman–Crippen LogP) is 1.69. The van der Waals surface area contributed by atoms with Crippen LogP contribution in [-0.2, 0) is 9.53 Å². The van der Waals surface area contributed by atoms with E-state index in [4.69, 9.17) is 4.74 Å². The summed E-state index contributed by atoms with van der Waals surface area (Å²) in [5.41, 5.74) is 0.471. The molecular weight excluding hydrogens is 208 g/mol. The monoisotopic (exact) mass is 222 g/mol. The van der Waals surface area contributed by atoms with Crippen LogP contribution in [-0.4, -0.2) is 26.0 Å². The summed E-state index contributed by atoms with van der Waals surface area (Å²) in [5, 5.41) is 0. The molecule has 0 aromatic heterocycles. The van der Waals surface area contributed by atoms with Gasteiger partial charge < -0.3 is 9.47 Å². The van der Waals surface area contributed by atoms with E-state index in [0.717, 1.165) is 0 Å². The minimum atomic E-state index is -0.779. The minimum Gasteiger partial charge on any atom is -0.497 e. The molecule has 0 aliphatic rings. The molecule has 0 spiro atoms. The van der Waals surface area contributed by atoms with Crippen molar-refractivity contribution in [3.8, 4) is 5.75 Å². The van der Waals surface area contributed by atoms with Crippen LogP contribution < -0.4 is 4.74 Å². The second-order valence-corrected chi connectivity index (χ2v) is 3.34. The summed E-state index contributed by atoms with van der Waals surface area (Å²) in [5.74, 6) is -0.893. The van der Waals surface area contributed by atoms with Gasteiger partial charge in [-0.15, -0.1) is 0 Å². The Bertz CT molecular complexity index is 381. The van der Waals surface area contributed by atoms with Gasteiger partial charge in [-0.2, -0.15) is 0 Å². The zero-order valence-electron chi connectivity index (χ0n) is 9.52. The van der Waals surface area contributed by atoms with Crippen molar-refractivity contribution >= 4 is 11.8 Å². The molecule has 16 heavy (non-hydrogen) atoms. The maximum absolute atomic E-state index is 11.8. The fraction of sp³-hybridized carbons (Fsp3) is 0.333. The van der Waals surface area contributed by atoms with Gasteiger partial charge >= 0.3 is 5.97 Å². The number of carbonyl (C=O) groups is 2. The van der Waals surface area contributed by atoms with Crippen LogP contribution in [0, 0.1) is 5.92 Å². The summed E-state index contributed by atoms with van der Waals surface area (Å²) in [7, 11) is 2.81. The highest BCUT2D eigenvalue weighted by molar-refractivity contribution is 6.08. The maximum atomic E-state index is 11.8. The van der Waals surface area contributed by atoms with E-state index in [1.807, 2.05) is 0 Å². The number of hydrogen-bond acceptors (Lipinski definition) is 4. The number of hydrogen-bond donors (Lipinski definition) is 0. The first-order valence-electron chi connectivity index (χ1n) is 4.86. The van der Waals surface area contributed by atoms with Crippen LogP contribution in [0.4, 0.5) is 0 Å². The fourth-order valence-corrected chi connectivity index (χ4v) is 1.29. The van der Waals surface area contributed by atoms with Gasteiger partial charge in [-0.05, 0) is 31.2 Å². The van der Waals surface area contributed by atoms with Crippen LogP contribution in [0.15, 0.2) is 24.3 Å². The second kappa shape index (κ2) is 5.30. The van der Waals surface area contributed by atoms with Crippen LogP contribution >= 0.6 is 0 Å². The van der Waals surface area contributed by atoms with Crippen LogP contribution in [0.5, 0.6) is 5.75 Å². The van der Waals surface area contributed by atoms with Gasteiger partial charge in [-0.3, -0.25) is 9.59 Å². The highest BCUT2D eigenvalue weighted by atomic mass is 16.5. The maximum Gasteiger partial charge on any atom is 0.316 e. The first-order valence-corrected chi connectivity index (χ1v) is 4.86.